The maximum Gasteiger partial charge on any atom is 0.338 e. The zero-order valence-corrected chi connectivity index (χ0v) is 22.2. The number of esters is 1. The Balaban J connectivity index is 1.97. The lowest BCUT2D eigenvalue weighted by Gasteiger charge is -2.27. The number of amides is 1. The van der Waals surface area contributed by atoms with Crippen molar-refractivity contribution in [3.05, 3.63) is 87.4 Å². The van der Waals surface area contributed by atoms with Crippen molar-refractivity contribution in [2.75, 3.05) is 25.7 Å². The predicted molar refractivity (Wildman–Crippen MR) is 145 cm³/mol. The van der Waals surface area contributed by atoms with E-state index in [9.17, 15) is 9.59 Å². The molecule has 36 heavy (non-hydrogen) atoms. The van der Waals surface area contributed by atoms with Gasteiger partial charge in [-0.3, -0.25) is 10.1 Å². The molecule has 7 nitrogen and oxygen atoms in total. The standard InChI is InChI=1S/C26H24Cl2N2O5S/c1-4-35-25(32)16-11-13-17(14-12-16)30(15-18-19(27)7-5-8-20(18)28)26(36)29-24(31)23-21(33-2)9-6-10-22(23)34-3/h5-14H,4,15H2,1-3H3,(H,29,31,36). The molecule has 1 N–H and O–H groups in total. The maximum atomic E-state index is 13.3. The summed E-state index contributed by atoms with van der Waals surface area (Å²) in [7, 11) is 2.92. The van der Waals surface area contributed by atoms with Gasteiger partial charge in [0.05, 0.1) is 32.9 Å². The molecular formula is C26H24Cl2N2O5S. The quantitative estimate of drug-likeness (QED) is 0.278. The number of carbonyl (C=O) groups excluding carboxylic acids is 2. The Labute approximate surface area is 224 Å². The second-order valence-corrected chi connectivity index (χ2v) is 8.55. The summed E-state index contributed by atoms with van der Waals surface area (Å²) in [5.74, 6) is -0.306. The number of benzene rings is 3. The Morgan fingerprint density at radius 3 is 2.00 bits per heavy atom. The fourth-order valence-electron chi connectivity index (χ4n) is 3.42. The average Bonchev–Trinajstić information content (AvgIpc) is 2.88. The molecule has 0 bridgehead atoms. The van der Waals surface area contributed by atoms with Gasteiger partial charge in [0.1, 0.15) is 17.1 Å². The van der Waals surface area contributed by atoms with Gasteiger partial charge in [0.15, 0.2) is 5.11 Å². The molecule has 10 heteroatoms. The molecule has 3 aromatic carbocycles. The monoisotopic (exact) mass is 546 g/mol. The van der Waals surface area contributed by atoms with Gasteiger partial charge in [-0.25, -0.2) is 4.79 Å². The van der Waals surface area contributed by atoms with E-state index in [1.165, 1.54) is 14.2 Å². The zero-order valence-electron chi connectivity index (χ0n) is 19.8. The van der Waals surface area contributed by atoms with Crippen molar-refractivity contribution in [3.63, 3.8) is 0 Å². The average molecular weight is 547 g/mol. The van der Waals surface area contributed by atoms with Crippen LogP contribution in [0.4, 0.5) is 5.69 Å². The van der Waals surface area contributed by atoms with E-state index in [-0.39, 0.29) is 23.8 Å². The largest absolute Gasteiger partial charge is 0.496 e. The van der Waals surface area contributed by atoms with Crippen molar-refractivity contribution in [1.82, 2.24) is 5.32 Å². The van der Waals surface area contributed by atoms with Gasteiger partial charge in [0.25, 0.3) is 5.91 Å². The SMILES string of the molecule is CCOC(=O)c1ccc(N(Cc2c(Cl)cccc2Cl)C(=S)NC(=O)c2c(OC)cccc2OC)cc1. The third-order valence-electron chi connectivity index (χ3n) is 5.19. The van der Waals surface area contributed by atoms with E-state index in [0.717, 1.165) is 0 Å². The number of anilines is 1. The molecule has 0 saturated carbocycles. The maximum absolute atomic E-state index is 13.3. The van der Waals surface area contributed by atoms with Gasteiger partial charge in [-0.1, -0.05) is 35.3 Å². The second kappa shape index (κ2) is 12.6. The van der Waals surface area contributed by atoms with Gasteiger partial charge in [-0.05, 0) is 67.7 Å². The number of rotatable bonds is 8. The Morgan fingerprint density at radius 1 is 0.917 bits per heavy atom. The van der Waals surface area contributed by atoms with Crippen LogP contribution in [0.1, 0.15) is 33.2 Å². The van der Waals surface area contributed by atoms with Gasteiger partial charge >= 0.3 is 5.97 Å². The van der Waals surface area contributed by atoms with Crippen molar-refractivity contribution in [3.8, 4) is 11.5 Å². The zero-order chi connectivity index (χ0) is 26.2. The Bertz CT molecular complexity index is 1230. The first-order valence-corrected chi connectivity index (χ1v) is 12.0. The van der Waals surface area contributed by atoms with E-state index in [0.29, 0.717) is 38.4 Å². The minimum atomic E-state index is -0.521. The van der Waals surface area contributed by atoms with E-state index in [4.69, 9.17) is 49.6 Å². The van der Waals surface area contributed by atoms with Gasteiger partial charge in [0, 0.05) is 21.3 Å². The van der Waals surface area contributed by atoms with Crippen LogP contribution >= 0.6 is 35.4 Å². The molecule has 0 unspecified atom stereocenters. The van der Waals surface area contributed by atoms with Crippen LogP contribution in [0.5, 0.6) is 11.5 Å². The molecule has 0 spiro atoms. The number of halogens is 2. The van der Waals surface area contributed by atoms with Gasteiger partial charge in [-0.15, -0.1) is 0 Å². The highest BCUT2D eigenvalue weighted by molar-refractivity contribution is 7.80. The molecule has 3 aromatic rings. The summed E-state index contributed by atoms with van der Waals surface area (Å²) in [4.78, 5) is 27.0. The number of ether oxygens (including phenoxy) is 3. The Hall–Kier alpha value is -3.33. The van der Waals surface area contributed by atoms with E-state index < -0.39 is 11.9 Å². The van der Waals surface area contributed by atoms with Crippen molar-refractivity contribution < 1.29 is 23.8 Å². The van der Waals surface area contributed by atoms with Crippen molar-refractivity contribution in [2.45, 2.75) is 13.5 Å². The van der Waals surface area contributed by atoms with Crippen LogP contribution in [-0.2, 0) is 11.3 Å². The fraction of sp³-hybridized carbons (Fsp3) is 0.192. The lowest BCUT2D eigenvalue weighted by molar-refractivity contribution is 0.0526. The van der Waals surface area contributed by atoms with E-state index in [1.807, 2.05) is 0 Å². The lowest BCUT2D eigenvalue weighted by Crippen LogP contribution is -2.42. The van der Waals surface area contributed by atoms with E-state index in [2.05, 4.69) is 5.32 Å². The summed E-state index contributed by atoms with van der Waals surface area (Å²) in [6.07, 6.45) is 0. The predicted octanol–water partition coefficient (Wildman–Crippen LogP) is 5.91. The summed E-state index contributed by atoms with van der Waals surface area (Å²) < 4.78 is 15.7. The van der Waals surface area contributed by atoms with Crippen LogP contribution in [0.3, 0.4) is 0 Å². The summed E-state index contributed by atoms with van der Waals surface area (Å²) in [6, 6.07) is 16.8. The number of nitrogens with zero attached hydrogens (tertiary/aromatic N) is 1. The smallest absolute Gasteiger partial charge is 0.338 e. The molecular weight excluding hydrogens is 523 g/mol. The molecule has 1 amide bonds. The molecule has 0 fully saturated rings. The molecule has 0 aliphatic rings. The molecule has 0 aliphatic heterocycles. The number of carbonyl (C=O) groups is 2. The molecule has 0 aromatic heterocycles. The highest BCUT2D eigenvalue weighted by atomic mass is 35.5. The summed E-state index contributed by atoms with van der Waals surface area (Å²) in [5.41, 5.74) is 1.78. The fourth-order valence-corrected chi connectivity index (χ4v) is 4.20. The topological polar surface area (TPSA) is 77.1 Å². The normalized spacial score (nSPS) is 10.4. The van der Waals surface area contributed by atoms with Gasteiger partial charge < -0.3 is 19.1 Å². The molecule has 0 saturated heterocycles. The number of nitrogens with one attached hydrogen (secondary N) is 1. The third kappa shape index (κ3) is 6.26. The Kier molecular flexibility index (Phi) is 9.52. The molecule has 3 rings (SSSR count). The minimum absolute atomic E-state index is 0.0767. The van der Waals surface area contributed by atoms with Crippen LogP contribution in [0.25, 0.3) is 0 Å². The summed E-state index contributed by atoms with van der Waals surface area (Å²) >= 11 is 18.5. The molecule has 0 heterocycles. The van der Waals surface area contributed by atoms with Crippen LogP contribution in [-0.4, -0.2) is 37.8 Å². The second-order valence-electron chi connectivity index (χ2n) is 7.35. The van der Waals surface area contributed by atoms with Crippen LogP contribution in [0, 0.1) is 0 Å². The molecule has 0 aliphatic carbocycles. The van der Waals surface area contributed by atoms with Crippen LogP contribution in [0.15, 0.2) is 60.7 Å². The lowest BCUT2D eigenvalue weighted by atomic mass is 10.1. The van der Waals surface area contributed by atoms with Crippen LogP contribution in [0.2, 0.25) is 10.0 Å². The third-order valence-corrected chi connectivity index (χ3v) is 6.22. The number of hydrogen-bond donors (Lipinski definition) is 1. The molecule has 0 radical (unpaired) electrons. The first-order valence-electron chi connectivity index (χ1n) is 10.8. The number of hydrogen-bond acceptors (Lipinski definition) is 6. The number of methoxy groups -OCH3 is 2. The van der Waals surface area contributed by atoms with Crippen molar-refractivity contribution in [2.24, 2.45) is 0 Å². The van der Waals surface area contributed by atoms with Crippen molar-refractivity contribution in [1.29, 1.82) is 0 Å². The van der Waals surface area contributed by atoms with Gasteiger partial charge in [0.2, 0.25) is 0 Å². The number of thiocarbonyl (C=S) groups is 1. The highest BCUT2D eigenvalue weighted by Gasteiger charge is 2.23. The minimum Gasteiger partial charge on any atom is -0.496 e. The van der Waals surface area contributed by atoms with Crippen molar-refractivity contribution >= 4 is 58.1 Å². The summed E-state index contributed by atoms with van der Waals surface area (Å²) in [5, 5.41) is 3.70. The van der Waals surface area contributed by atoms with E-state index >= 15 is 0 Å². The van der Waals surface area contributed by atoms with Crippen LogP contribution < -0.4 is 19.7 Å². The molecule has 0 atom stereocenters. The molecule has 188 valence electrons. The first kappa shape index (κ1) is 27.3. The van der Waals surface area contributed by atoms with Gasteiger partial charge in [-0.2, -0.15) is 0 Å². The highest BCUT2D eigenvalue weighted by Crippen LogP contribution is 2.30. The first-order chi connectivity index (χ1) is 17.3. The van der Waals surface area contributed by atoms with E-state index in [1.54, 1.807) is 72.5 Å². The summed E-state index contributed by atoms with van der Waals surface area (Å²) in [6.45, 7) is 2.15. The Morgan fingerprint density at radius 2 is 1.47 bits per heavy atom.